The maximum Gasteiger partial charge on any atom is 0.277 e. The van der Waals surface area contributed by atoms with Gasteiger partial charge in [-0.15, -0.1) is 10.2 Å². The molecule has 3 aromatic carbocycles. The summed E-state index contributed by atoms with van der Waals surface area (Å²) in [6, 6.07) is 21.9. The highest BCUT2D eigenvalue weighted by Gasteiger charge is 2.15. The van der Waals surface area contributed by atoms with Gasteiger partial charge in [0.15, 0.2) is 0 Å². The minimum absolute atomic E-state index is 0.0717. The molecule has 1 amide bonds. The number of hydrogen-bond donors (Lipinski definition) is 2. The molecule has 0 bridgehead atoms. The van der Waals surface area contributed by atoms with Gasteiger partial charge in [-0.1, -0.05) is 42.1 Å². The number of rotatable bonds is 10. The molecule has 0 aliphatic rings. The number of sulfonamides is 1. The third-order valence-electron chi connectivity index (χ3n) is 4.63. The number of carbonyl (C=O) groups is 1. The molecule has 0 atom stereocenters. The molecular weight excluding hydrogens is 488 g/mol. The molecule has 9 nitrogen and oxygen atoms in total. The van der Waals surface area contributed by atoms with E-state index < -0.39 is 10.0 Å². The number of carbonyl (C=O) groups excluding carboxylic acids is 1. The van der Waals surface area contributed by atoms with E-state index in [1.807, 2.05) is 19.1 Å². The van der Waals surface area contributed by atoms with Gasteiger partial charge in [0.2, 0.25) is 11.8 Å². The van der Waals surface area contributed by atoms with Crippen LogP contribution in [0.4, 0.5) is 11.4 Å². The lowest BCUT2D eigenvalue weighted by molar-refractivity contribution is -0.113. The number of nitrogens with zero attached hydrogens (tertiary/aromatic N) is 2. The van der Waals surface area contributed by atoms with Crippen molar-refractivity contribution in [2.45, 2.75) is 17.0 Å². The van der Waals surface area contributed by atoms with E-state index in [0.717, 1.165) is 11.8 Å². The molecule has 0 unspecified atom stereocenters. The Bertz CT molecular complexity index is 1390. The quantitative estimate of drug-likeness (QED) is 0.295. The molecule has 1 aromatic heterocycles. The summed E-state index contributed by atoms with van der Waals surface area (Å²) in [5, 5.41) is 11.0. The Balaban J connectivity index is 1.34. The lowest BCUT2D eigenvalue weighted by Gasteiger charge is -2.10. The number of ether oxygens (including phenoxy) is 1. The predicted octanol–water partition coefficient (Wildman–Crippen LogP) is 4.67. The zero-order valence-electron chi connectivity index (χ0n) is 18.7. The lowest BCUT2D eigenvalue weighted by Crippen LogP contribution is -2.14. The summed E-state index contributed by atoms with van der Waals surface area (Å²) >= 11 is 1.11. The number of thioether (sulfide) groups is 1. The second-order valence-corrected chi connectivity index (χ2v) is 9.74. The number of aromatic nitrogens is 2. The minimum atomic E-state index is -3.68. The van der Waals surface area contributed by atoms with Crippen molar-refractivity contribution in [3.63, 3.8) is 0 Å². The summed E-state index contributed by atoms with van der Waals surface area (Å²) in [5.74, 6) is 0.689. The molecule has 35 heavy (non-hydrogen) atoms. The summed E-state index contributed by atoms with van der Waals surface area (Å²) in [5.41, 5.74) is 1.60. The highest BCUT2D eigenvalue weighted by atomic mass is 32.2. The van der Waals surface area contributed by atoms with Crippen molar-refractivity contribution in [2.75, 3.05) is 22.4 Å². The molecular formula is C24H22N4O5S2. The van der Waals surface area contributed by atoms with Gasteiger partial charge in [0.05, 0.1) is 22.9 Å². The third-order valence-corrected chi connectivity index (χ3v) is 6.85. The van der Waals surface area contributed by atoms with Crippen LogP contribution in [0.3, 0.4) is 0 Å². The van der Waals surface area contributed by atoms with Crippen molar-refractivity contribution in [2.24, 2.45) is 0 Å². The first-order chi connectivity index (χ1) is 16.9. The second-order valence-electron chi connectivity index (χ2n) is 7.14. The third kappa shape index (κ3) is 6.40. The SMILES string of the molecule is CCOc1ccccc1NC(=O)CSc1nnc(-c2ccc(NS(=O)(=O)c3ccccc3)cc2)o1. The monoisotopic (exact) mass is 510 g/mol. The largest absolute Gasteiger partial charge is 0.492 e. The van der Waals surface area contributed by atoms with E-state index in [0.29, 0.717) is 29.3 Å². The van der Waals surface area contributed by atoms with Crippen molar-refractivity contribution < 1.29 is 22.4 Å². The van der Waals surface area contributed by atoms with Crippen molar-refractivity contribution in [3.05, 3.63) is 78.9 Å². The number of hydrogen-bond acceptors (Lipinski definition) is 8. The van der Waals surface area contributed by atoms with Gasteiger partial charge in [0, 0.05) is 11.3 Å². The normalized spacial score (nSPS) is 11.1. The first-order valence-electron chi connectivity index (χ1n) is 10.6. The number of para-hydroxylation sites is 2. The zero-order valence-corrected chi connectivity index (χ0v) is 20.3. The summed E-state index contributed by atoms with van der Waals surface area (Å²) < 4.78 is 38.6. The Morgan fingerprint density at radius 1 is 0.971 bits per heavy atom. The fraction of sp³-hybridized carbons (Fsp3) is 0.125. The average Bonchev–Trinajstić information content (AvgIpc) is 3.34. The Hall–Kier alpha value is -3.83. The van der Waals surface area contributed by atoms with Crippen LogP contribution in [0.25, 0.3) is 11.5 Å². The molecule has 0 saturated heterocycles. The predicted molar refractivity (Wildman–Crippen MR) is 134 cm³/mol. The Kier molecular flexibility index (Phi) is 7.68. The molecule has 0 spiro atoms. The van der Waals surface area contributed by atoms with E-state index in [-0.39, 0.29) is 27.7 Å². The fourth-order valence-corrected chi connectivity index (χ4v) is 4.69. The molecule has 1 heterocycles. The molecule has 0 radical (unpaired) electrons. The van der Waals surface area contributed by atoms with Gasteiger partial charge in [0.1, 0.15) is 5.75 Å². The average molecular weight is 511 g/mol. The summed E-state index contributed by atoms with van der Waals surface area (Å²) in [6.45, 7) is 2.37. The van der Waals surface area contributed by atoms with Crippen LogP contribution < -0.4 is 14.8 Å². The van der Waals surface area contributed by atoms with Gasteiger partial charge in [-0.25, -0.2) is 8.42 Å². The van der Waals surface area contributed by atoms with E-state index in [2.05, 4.69) is 20.2 Å². The van der Waals surface area contributed by atoms with Crippen LogP contribution in [0.5, 0.6) is 5.75 Å². The first kappa shape index (κ1) is 24.3. The molecule has 2 N–H and O–H groups in total. The molecule has 0 aliphatic heterocycles. The van der Waals surface area contributed by atoms with Crippen LogP contribution in [0.2, 0.25) is 0 Å². The van der Waals surface area contributed by atoms with Crippen LogP contribution in [0, 0.1) is 0 Å². The summed E-state index contributed by atoms with van der Waals surface area (Å²) in [4.78, 5) is 12.5. The van der Waals surface area contributed by atoms with Crippen molar-refractivity contribution in [3.8, 4) is 17.2 Å². The second kappa shape index (κ2) is 11.1. The van der Waals surface area contributed by atoms with Gasteiger partial charge in [-0.2, -0.15) is 0 Å². The number of benzene rings is 3. The van der Waals surface area contributed by atoms with Crippen LogP contribution in [-0.2, 0) is 14.8 Å². The number of anilines is 2. The van der Waals surface area contributed by atoms with E-state index in [1.165, 1.54) is 12.1 Å². The van der Waals surface area contributed by atoms with E-state index in [1.54, 1.807) is 54.6 Å². The fourth-order valence-electron chi connectivity index (χ4n) is 3.04. The van der Waals surface area contributed by atoms with E-state index in [4.69, 9.17) is 9.15 Å². The first-order valence-corrected chi connectivity index (χ1v) is 13.1. The molecule has 11 heteroatoms. The number of nitrogens with one attached hydrogen (secondary N) is 2. The standard InChI is InChI=1S/C24H22N4O5S2/c1-2-32-21-11-7-6-10-20(21)25-22(29)16-34-24-27-26-23(33-24)17-12-14-18(15-13-17)28-35(30,31)19-8-4-3-5-9-19/h3-15,28H,2,16H2,1H3,(H,25,29). The molecule has 4 aromatic rings. The molecule has 0 saturated carbocycles. The maximum atomic E-state index is 12.5. The van der Waals surface area contributed by atoms with Crippen LogP contribution in [0.1, 0.15) is 6.92 Å². The van der Waals surface area contributed by atoms with Crippen molar-refractivity contribution >= 4 is 39.1 Å². The zero-order chi connectivity index (χ0) is 24.7. The van der Waals surface area contributed by atoms with Gasteiger partial charge < -0.3 is 14.5 Å². The van der Waals surface area contributed by atoms with Crippen LogP contribution in [0.15, 0.2) is 93.4 Å². The molecule has 4 rings (SSSR count). The van der Waals surface area contributed by atoms with Crippen LogP contribution in [-0.4, -0.2) is 36.9 Å². The topological polar surface area (TPSA) is 123 Å². The van der Waals surface area contributed by atoms with E-state index >= 15 is 0 Å². The number of amides is 1. The highest BCUT2D eigenvalue weighted by Crippen LogP contribution is 2.27. The lowest BCUT2D eigenvalue weighted by atomic mass is 10.2. The molecule has 0 aliphatic carbocycles. The van der Waals surface area contributed by atoms with Gasteiger partial charge in [-0.05, 0) is 55.5 Å². The maximum absolute atomic E-state index is 12.5. The Morgan fingerprint density at radius 3 is 2.43 bits per heavy atom. The molecule has 0 fully saturated rings. The van der Waals surface area contributed by atoms with Crippen LogP contribution >= 0.6 is 11.8 Å². The van der Waals surface area contributed by atoms with E-state index in [9.17, 15) is 13.2 Å². The van der Waals surface area contributed by atoms with Gasteiger partial charge >= 0.3 is 0 Å². The van der Waals surface area contributed by atoms with Crippen molar-refractivity contribution in [1.29, 1.82) is 0 Å². The Morgan fingerprint density at radius 2 is 1.69 bits per heavy atom. The summed E-state index contributed by atoms with van der Waals surface area (Å²) in [7, 11) is -3.68. The smallest absolute Gasteiger partial charge is 0.277 e. The van der Waals surface area contributed by atoms with Gasteiger partial charge in [-0.3, -0.25) is 9.52 Å². The highest BCUT2D eigenvalue weighted by molar-refractivity contribution is 7.99. The Labute approximate surface area is 207 Å². The van der Waals surface area contributed by atoms with Gasteiger partial charge in [0.25, 0.3) is 15.2 Å². The summed E-state index contributed by atoms with van der Waals surface area (Å²) in [6.07, 6.45) is 0. The van der Waals surface area contributed by atoms with Crippen molar-refractivity contribution in [1.82, 2.24) is 10.2 Å². The minimum Gasteiger partial charge on any atom is -0.492 e. The molecule has 180 valence electrons.